The van der Waals surface area contributed by atoms with Gasteiger partial charge in [0.1, 0.15) is 0 Å². The fraction of sp³-hybridized carbons (Fsp3) is 0.273. The van der Waals surface area contributed by atoms with Crippen molar-refractivity contribution in [1.82, 2.24) is 0 Å². The van der Waals surface area contributed by atoms with Crippen LogP contribution < -0.4 is 20.4 Å². The van der Waals surface area contributed by atoms with Gasteiger partial charge in [0.25, 0.3) is 0 Å². The first-order valence-electron chi connectivity index (χ1n) is 13.3. The SMILES string of the molecule is Cc1cc(C)c(N2CCN(c3c(C)cc(C)cc3C)C2P(F)(F)(c2ccccc2)c2ccccc2)c(C)c1. The summed E-state index contributed by atoms with van der Waals surface area (Å²) in [6, 6.07) is 25.6. The molecule has 2 nitrogen and oxygen atoms in total. The van der Waals surface area contributed by atoms with Crippen LogP contribution in [0, 0.1) is 41.5 Å². The second-order valence-corrected chi connectivity index (χ2v) is 14.3. The summed E-state index contributed by atoms with van der Waals surface area (Å²) in [5.41, 5.74) is 8.26. The predicted octanol–water partition coefficient (Wildman–Crippen LogP) is 8.12. The molecule has 0 aliphatic carbocycles. The van der Waals surface area contributed by atoms with E-state index in [9.17, 15) is 0 Å². The Morgan fingerprint density at radius 3 is 1.18 bits per heavy atom. The van der Waals surface area contributed by atoms with Gasteiger partial charge in [0.05, 0.1) is 0 Å². The van der Waals surface area contributed by atoms with Crippen LogP contribution in [-0.4, -0.2) is 19.0 Å². The van der Waals surface area contributed by atoms with Crippen LogP contribution in [0.2, 0.25) is 0 Å². The summed E-state index contributed by atoms with van der Waals surface area (Å²) in [7, 11) is -5.85. The Labute approximate surface area is 226 Å². The van der Waals surface area contributed by atoms with Gasteiger partial charge in [0.2, 0.25) is 0 Å². The number of aryl methyl sites for hydroxylation is 6. The van der Waals surface area contributed by atoms with E-state index in [1.165, 1.54) is 0 Å². The van der Waals surface area contributed by atoms with E-state index < -0.39 is 13.1 Å². The Hall–Kier alpha value is -3.23. The van der Waals surface area contributed by atoms with Gasteiger partial charge in [0, 0.05) is 0 Å². The minimum atomic E-state index is -5.85. The van der Waals surface area contributed by atoms with E-state index in [-0.39, 0.29) is 10.6 Å². The molecule has 0 bridgehead atoms. The van der Waals surface area contributed by atoms with Crippen molar-refractivity contribution < 1.29 is 8.39 Å². The van der Waals surface area contributed by atoms with E-state index in [1.807, 2.05) is 49.6 Å². The van der Waals surface area contributed by atoms with E-state index in [4.69, 9.17) is 0 Å². The first-order chi connectivity index (χ1) is 18.0. The Morgan fingerprint density at radius 1 is 0.553 bits per heavy atom. The van der Waals surface area contributed by atoms with Crippen LogP contribution in [0.25, 0.3) is 0 Å². The number of benzene rings is 4. The summed E-state index contributed by atoms with van der Waals surface area (Å²) in [6.07, 6.45) is 0. The first-order valence-corrected chi connectivity index (χ1v) is 15.4. The third kappa shape index (κ3) is 4.10. The predicted molar refractivity (Wildman–Crippen MR) is 161 cm³/mol. The molecule has 0 atom stereocenters. The van der Waals surface area contributed by atoms with Crippen molar-refractivity contribution in [1.29, 1.82) is 0 Å². The van der Waals surface area contributed by atoms with Gasteiger partial charge in [-0.1, -0.05) is 0 Å². The van der Waals surface area contributed by atoms with E-state index in [0.29, 0.717) is 13.1 Å². The number of hydrogen-bond donors (Lipinski definition) is 0. The summed E-state index contributed by atoms with van der Waals surface area (Å²) >= 11 is 0. The van der Waals surface area contributed by atoms with Crippen molar-refractivity contribution in [2.24, 2.45) is 0 Å². The maximum absolute atomic E-state index is 18.6. The second-order valence-electron chi connectivity index (χ2n) is 10.9. The molecular weight excluding hydrogens is 493 g/mol. The number of hydrogen-bond acceptors (Lipinski definition) is 2. The molecule has 1 fully saturated rings. The first kappa shape index (κ1) is 26.4. The molecule has 5 rings (SSSR count). The van der Waals surface area contributed by atoms with E-state index in [2.05, 4.69) is 38.1 Å². The van der Waals surface area contributed by atoms with Gasteiger partial charge < -0.3 is 0 Å². The number of nitrogens with zero attached hydrogens (tertiary/aromatic N) is 2. The monoisotopic (exact) mass is 530 g/mol. The zero-order chi connectivity index (χ0) is 27.3. The molecule has 0 aromatic heterocycles. The molecule has 0 N–H and O–H groups in total. The fourth-order valence-corrected chi connectivity index (χ4v) is 10.3. The van der Waals surface area contributed by atoms with Gasteiger partial charge in [-0.25, -0.2) is 0 Å². The van der Waals surface area contributed by atoms with Crippen LogP contribution in [-0.2, 0) is 0 Å². The van der Waals surface area contributed by atoms with Crippen LogP contribution in [0.15, 0.2) is 84.9 Å². The van der Waals surface area contributed by atoms with Gasteiger partial charge >= 0.3 is 226 Å². The van der Waals surface area contributed by atoms with E-state index >= 15 is 8.39 Å². The van der Waals surface area contributed by atoms with Crippen molar-refractivity contribution in [2.75, 3.05) is 22.9 Å². The Morgan fingerprint density at radius 2 is 0.868 bits per heavy atom. The topological polar surface area (TPSA) is 6.48 Å². The standard InChI is InChI=1S/C33H37F2N2P/c1-23-19-25(3)31(26(4)20-23)36-17-18-37(32-27(5)21-24(2)22-28(32)6)33(36)38(34,35,29-13-9-7-10-14-29)30-15-11-8-12-16-30/h7-16,19-22,33H,17-18H2,1-6H3. The van der Waals surface area contributed by atoms with Gasteiger partial charge in [-0.3, -0.25) is 0 Å². The van der Waals surface area contributed by atoms with Crippen molar-refractivity contribution in [3.8, 4) is 0 Å². The van der Waals surface area contributed by atoms with Crippen LogP contribution in [0.3, 0.4) is 0 Å². The molecule has 38 heavy (non-hydrogen) atoms. The molecule has 0 amide bonds. The molecule has 0 saturated carbocycles. The molecule has 1 aliphatic rings. The number of anilines is 2. The van der Waals surface area contributed by atoms with Crippen molar-refractivity contribution in [2.45, 2.75) is 47.4 Å². The molecule has 1 heterocycles. The summed E-state index contributed by atoms with van der Waals surface area (Å²) < 4.78 is 37.2. The number of halogens is 2. The normalized spacial score (nSPS) is 15.5. The van der Waals surface area contributed by atoms with Crippen LogP contribution >= 0.6 is 7.22 Å². The van der Waals surface area contributed by atoms with Gasteiger partial charge in [0.15, 0.2) is 0 Å². The summed E-state index contributed by atoms with van der Waals surface area (Å²) in [6.45, 7) is 13.4. The zero-order valence-corrected chi connectivity index (χ0v) is 24.1. The molecule has 0 spiro atoms. The summed E-state index contributed by atoms with van der Waals surface area (Å²) in [5, 5.41) is 0.243. The molecule has 4 aromatic carbocycles. The van der Waals surface area contributed by atoms with Crippen molar-refractivity contribution >= 4 is 29.2 Å². The Kier molecular flexibility index (Phi) is 6.60. The molecule has 198 valence electrons. The zero-order valence-electron chi connectivity index (χ0n) is 23.2. The quantitative estimate of drug-likeness (QED) is 0.241. The molecule has 1 aliphatic heterocycles. The minimum absolute atomic E-state index is 0.122. The molecular formula is C33H37F2N2P. The fourth-order valence-electron chi connectivity index (χ4n) is 6.63. The van der Waals surface area contributed by atoms with Gasteiger partial charge in [-0.05, 0) is 0 Å². The Bertz CT molecular complexity index is 1330. The van der Waals surface area contributed by atoms with Crippen LogP contribution in [0.5, 0.6) is 0 Å². The molecule has 0 unspecified atom stereocenters. The molecule has 0 radical (unpaired) electrons. The second kappa shape index (κ2) is 9.50. The maximum atomic E-state index is 18.6. The van der Waals surface area contributed by atoms with Gasteiger partial charge in [-0.2, -0.15) is 0 Å². The van der Waals surface area contributed by atoms with E-state index in [1.54, 1.807) is 48.5 Å². The molecule has 5 heteroatoms. The molecule has 1 saturated heterocycles. The average Bonchev–Trinajstić information content (AvgIpc) is 3.29. The third-order valence-corrected chi connectivity index (χ3v) is 11.7. The van der Waals surface area contributed by atoms with Crippen molar-refractivity contribution in [3.63, 3.8) is 0 Å². The Balaban J connectivity index is 1.86. The summed E-state index contributed by atoms with van der Waals surface area (Å²) in [4.78, 5) is 4.03. The van der Waals surface area contributed by atoms with Crippen LogP contribution in [0.4, 0.5) is 19.8 Å². The van der Waals surface area contributed by atoms with Crippen LogP contribution in [0.1, 0.15) is 33.4 Å². The van der Waals surface area contributed by atoms with Crippen molar-refractivity contribution in [3.05, 3.63) is 118 Å². The number of rotatable bonds is 5. The van der Waals surface area contributed by atoms with Gasteiger partial charge in [-0.15, -0.1) is 0 Å². The third-order valence-electron chi connectivity index (χ3n) is 7.85. The molecule has 4 aromatic rings. The van der Waals surface area contributed by atoms with E-state index in [0.717, 1.165) is 44.8 Å². The average molecular weight is 531 g/mol. The summed E-state index contributed by atoms with van der Waals surface area (Å²) in [5.74, 6) is -1.15.